The third-order valence-electron chi connectivity index (χ3n) is 2.52. The highest BCUT2D eigenvalue weighted by atomic mass is 16.5. The molecule has 0 saturated carbocycles. The predicted octanol–water partition coefficient (Wildman–Crippen LogP) is 1.91. The molecule has 17 heavy (non-hydrogen) atoms. The molecule has 1 heterocycles. The Bertz CT molecular complexity index is 482. The van der Waals surface area contributed by atoms with Gasteiger partial charge in [0.2, 0.25) is 5.95 Å². The molecule has 1 aromatic heterocycles. The van der Waals surface area contributed by atoms with Gasteiger partial charge in [0.25, 0.3) is 0 Å². The van der Waals surface area contributed by atoms with Gasteiger partial charge in [-0.3, -0.25) is 0 Å². The lowest BCUT2D eigenvalue weighted by Gasteiger charge is -2.04. The Hall–Kier alpha value is -1.94. The van der Waals surface area contributed by atoms with Crippen molar-refractivity contribution in [2.45, 2.75) is 6.42 Å². The van der Waals surface area contributed by atoms with Gasteiger partial charge in [-0.2, -0.15) is 0 Å². The van der Waals surface area contributed by atoms with E-state index in [0.29, 0.717) is 5.95 Å². The van der Waals surface area contributed by atoms with E-state index in [1.807, 2.05) is 18.2 Å². The van der Waals surface area contributed by atoms with Crippen LogP contribution < -0.4 is 5.73 Å². The average Bonchev–Trinajstić information content (AvgIpc) is 2.37. The van der Waals surface area contributed by atoms with Crippen LogP contribution in [0.1, 0.15) is 5.56 Å². The van der Waals surface area contributed by atoms with Crippen LogP contribution in [0, 0.1) is 0 Å². The van der Waals surface area contributed by atoms with E-state index in [-0.39, 0.29) is 0 Å². The third-order valence-corrected chi connectivity index (χ3v) is 2.52. The SMILES string of the molecule is COCCc1ccc(-c2ccnc(N)n2)cc1. The second kappa shape index (κ2) is 5.41. The number of rotatable bonds is 4. The van der Waals surface area contributed by atoms with Gasteiger partial charge in [-0.15, -0.1) is 0 Å². The maximum absolute atomic E-state index is 5.55. The number of ether oxygens (including phenoxy) is 1. The quantitative estimate of drug-likeness (QED) is 0.870. The van der Waals surface area contributed by atoms with Crippen LogP contribution in [0.5, 0.6) is 0 Å². The first-order chi connectivity index (χ1) is 8.29. The van der Waals surface area contributed by atoms with Crippen LogP contribution in [0.2, 0.25) is 0 Å². The van der Waals surface area contributed by atoms with Crippen molar-refractivity contribution < 1.29 is 4.74 Å². The highest BCUT2D eigenvalue weighted by Gasteiger charge is 2.00. The zero-order valence-corrected chi connectivity index (χ0v) is 9.76. The van der Waals surface area contributed by atoms with Gasteiger partial charge in [0.05, 0.1) is 12.3 Å². The fourth-order valence-corrected chi connectivity index (χ4v) is 1.60. The standard InChI is InChI=1S/C13H15N3O/c1-17-9-7-10-2-4-11(5-3-10)12-6-8-15-13(14)16-12/h2-6,8H,7,9H2,1H3,(H2,14,15,16). The van der Waals surface area contributed by atoms with Crippen molar-refractivity contribution in [3.8, 4) is 11.3 Å². The second-order valence-electron chi connectivity index (χ2n) is 3.74. The van der Waals surface area contributed by atoms with Gasteiger partial charge in [-0.25, -0.2) is 9.97 Å². The summed E-state index contributed by atoms with van der Waals surface area (Å²) >= 11 is 0. The van der Waals surface area contributed by atoms with Crippen LogP contribution in [0.3, 0.4) is 0 Å². The minimum atomic E-state index is 0.297. The fourth-order valence-electron chi connectivity index (χ4n) is 1.60. The summed E-state index contributed by atoms with van der Waals surface area (Å²) in [5.41, 5.74) is 8.69. The van der Waals surface area contributed by atoms with Gasteiger partial charge in [-0.1, -0.05) is 24.3 Å². The van der Waals surface area contributed by atoms with Crippen molar-refractivity contribution in [1.29, 1.82) is 0 Å². The Labute approximate surface area is 100 Å². The summed E-state index contributed by atoms with van der Waals surface area (Å²) in [6.07, 6.45) is 2.58. The van der Waals surface area contributed by atoms with Gasteiger partial charge in [0, 0.05) is 18.9 Å². The molecular weight excluding hydrogens is 214 g/mol. The summed E-state index contributed by atoms with van der Waals surface area (Å²) in [7, 11) is 1.71. The van der Waals surface area contributed by atoms with Crippen molar-refractivity contribution in [3.63, 3.8) is 0 Å². The van der Waals surface area contributed by atoms with Crippen LogP contribution in [0.4, 0.5) is 5.95 Å². The molecule has 2 rings (SSSR count). The van der Waals surface area contributed by atoms with E-state index in [0.717, 1.165) is 24.3 Å². The van der Waals surface area contributed by atoms with Crippen LogP contribution >= 0.6 is 0 Å². The van der Waals surface area contributed by atoms with E-state index in [4.69, 9.17) is 10.5 Å². The first-order valence-corrected chi connectivity index (χ1v) is 5.46. The normalized spacial score (nSPS) is 10.4. The van der Waals surface area contributed by atoms with Crippen LogP contribution in [-0.2, 0) is 11.2 Å². The highest BCUT2D eigenvalue weighted by molar-refractivity contribution is 5.59. The summed E-state index contributed by atoms with van der Waals surface area (Å²) in [5, 5.41) is 0. The van der Waals surface area contributed by atoms with Gasteiger partial charge in [0.15, 0.2) is 0 Å². The number of methoxy groups -OCH3 is 1. The van der Waals surface area contributed by atoms with Gasteiger partial charge < -0.3 is 10.5 Å². The molecule has 0 aliphatic heterocycles. The van der Waals surface area contributed by atoms with E-state index in [9.17, 15) is 0 Å². The van der Waals surface area contributed by atoms with Crippen LogP contribution in [0.15, 0.2) is 36.5 Å². The van der Waals surface area contributed by atoms with Crippen LogP contribution in [0.25, 0.3) is 11.3 Å². The number of nitrogen functional groups attached to an aromatic ring is 1. The summed E-state index contributed by atoms with van der Waals surface area (Å²) in [5.74, 6) is 0.297. The van der Waals surface area contributed by atoms with Gasteiger partial charge >= 0.3 is 0 Å². The smallest absolute Gasteiger partial charge is 0.220 e. The minimum Gasteiger partial charge on any atom is -0.384 e. The van der Waals surface area contributed by atoms with E-state index in [1.165, 1.54) is 5.56 Å². The Balaban J connectivity index is 2.17. The number of hydrogen-bond acceptors (Lipinski definition) is 4. The number of aromatic nitrogens is 2. The molecule has 0 atom stereocenters. The molecule has 0 aliphatic carbocycles. The lowest BCUT2D eigenvalue weighted by Crippen LogP contribution is -1.96. The number of nitrogens with zero attached hydrogens (tertiary/aromatic N) is 2. The Morgan fingerprint density at radius 3 is 2.59 bits per heavy atom. The number of benzene rings is 1. The molecule has 1 aromatic carbocycles. The minimum absolute atomic E-state index is 0.297. The largest absolute Gasteiger partial charge is 0.384 e. The predicted molar refractivity (Wildman–Crippen MR) is 67.5 cm³/mol. The molecule has 0 amide bonds. The molecule has 2 aromatic rings. The summed E-state index contributed by atoms with van der Waals surface area (Å²) < 4.78 is 5.04. The second-order valence-corrected chi connectivity index (χ2v) is 3.74. The van der Waals surface area contributed by atoms with E-state index >= 15 is 0 Å². The lowest BCUT2D eigenvalue weighted by atomic mass is 10.1. The Morgan fingerprint density at radius 2 is 1.94 bits per heavy atom. The van der Waals surface area contributed by atoms with Crippen molar-refractivity contribution in [2.75, 3.05) is 19.5 Å². The topological polar surface area (TPSA) is 61.0 Å². The van der Waals surface area contributed by atoms with E-state index in [1.54, 1.807) is 13.3 Å². The molecule has 0 saturated heterocycles. The maximum Gasteiger partial charge on any atom is 0.220 e. The maximum atomic E-state index is 5.55. The molecule has 0 bridgehead atoms. The first kappa shape index (κ1) is 11.5. The highest BCUT2D eigenvalue weighted by Crippen LogP contribution is 2.17. The monoisotopic (exact) mass is 229 g/mol. The average molecular weight is 229 g/mol. The van der Waals surface area contributed by atoms with Gasteiger partial charge in [-0.05, 0) is 18.1 Å². The molecule has 4 heteroatoms. The van der Waals surface area contributed by atoms with E-state index in [2.05, 4.69) is 22.1 Å². The fraction of sp³-hybridized carbons (Fsp3) is 0.231. The third kappa shape index (κ3) is 3.01. The first-order valence-electron chi connectivity index (χ1n) is 5.46. The van der Waals surface area contributed by atoms with Crippen molar-refractivity contribution in [1.82, 2.24) is 9.97 Å². The van der Waals surface area contributed by atoms with E-state index < -0.39 is 0 Å². The number of nitrogens with two attached hydrogens (primary N) is 1. The zero-order chi connectivity index (χ0) is 12.1. The molecule has 4 nitrogen and oxygen atoms in total. The van der Waals surface area contributed by atoms with Gasteiger partial charge in [0.1, 0.15) is 0 Å². The Morgan fingerprint density at radius 1 is 1.18 bits per heavy atom. The number of hydrogen-bond donors (Lipinski definition) is 1. The zero-order valence-electron chi connectivity index (χ0n) is 9.76. The van der Waals surface area contributed by atoms with Crippen LogP contribution in [-0.4, -0.2) is 23.7 Å². The summed E-state index contributed by atoms with van der Waals surface area (Å²) in [4.78, 5) is 8.05. The molecule has 0 aliphatic rings. The van der Waals surface area contributed by atoms with Crippen molar-refractivity contribution in [3.05, 3.63) is 42.1 Å². The molecule has 88 valence electrons. The van der Waals surface area contributed by atoms with Crippen molar-refractivity contribution in [2.24, 2.45) is 0 Å². The molecule has 0 unspecified atom stereocenters. The molecule has 0 radical (unpaired) electrons. The number of anilines is 1. The molecular formula is C13H15N3O. The molecule has 0 spiro atoms. The van der Waals surface area contributed by atoms with Crippen molar-refractivity contribution >= 4 is 5.95 Å². The lowest BCUT2D eigenvalue weighted by molar-refractivity contribution is 0.202. The summed E-state index contributed by atoms with van der Waals surface area (Å²) in [6, 6.07) is 10.1. The Kier molecular flexibility index (Phi) is 3.67. The summed E-state index contributed by atoms with van der Waals surface area (Å²) in [6.45, 7) is 0.736. The molecule has 2 N–H and O–H groups in total. The molecule has 0 fully saturated rings.